The van der Waals surface area contributed by atoms with Crippen LogP contribution in [0.2, 0.25) is 0 Å². The Balaban J connectivity index is 1.89. The van der Waals surface area contributed by atoms with E-state index < -0.39 is 29.9 Å². The quantitative estimate of drug-likeness (QED) is 0.257. The van der Waals surface area contributed by atoms with E-state index in [0.717, 1.165) is 18.6 Å². The summed E-state index contributed by atoms with van der Waals surface area (Å²) in [5.41, 5.74) is 0.355. The van der Waals surface area contributed by atoms with Crippen molar-refractivity contribution in [1.29, 1.82) is 0 Å². The highest BCUT2D eigenvalue weighted by molar-refractivity contribution is 6.02. The van der Waals surface area contributed by atoms with Crippen molar-refractivity contribution in [2.24, 2.45) is 0 Å². The molecule has 0 bridgehead atoms. The van der Waals surface area contributed by atoms with Crippen LogP contribution >= 0.6 is 0 Å². The van der Waals surface area contributed by atoms with Crippen molar-refractivity contribution in [2.45, 2.75) is 18.9 Å². The van der Waals surface area contributed by atoms with Crippen LogP contribution in [0.25, 0.3) is 22.3 Å². The summed E-state index contributed by atoms with van der Waals surface area (Å²) in [4.78, 5) is 59.4. The average Bonchev–Trinajstić information content (AvgIpc) is 3.43. The Kier molecular flexibility index (Phi) is 7.22. The number of rotatable bonds is 8. The number of amides is 1. The van der Waals surface area contributed by atoms with Crippen molar-refractivity contribution in [3.05, 3.63) is 76.9 Å². The summed E-state index contributed by atoms with van der Waals surface area (Å²) in [7, 11) is 0. The fraction of sp³-hybridized carbons (Fsp3) is 0.148. The first-order chi connectivity index (χ1) is 18.0. The standard InChI is InChI=1S/C27H22N2O9/c30-23(21-2-1-5-28-21)29-22-12-13(14-6-16(24(31)32)10-17(7-14)25(33)34)3-4-20(22)15-8-18(26(35)36)11-19(9-15)27(37)38/h3-4,6-12,21,28H,1-2,5H2,(H,29,30)(H,31,32)(H,33,34)(H,35,36)(H,37,38)/t21-/m0/s1. The van der Waals surface area contributed by atoms with E-state index in [0.29, 0.717) is 24.1 Å². The zero-order valence-electron chi connectivity index (χ0n) is 19.7. The minimum Gasteiger partial charge on any atom is -0.478 e. The minimum absolute atomic E-state index is 0.206. The molecule has 11 nitrogen and oxygen atoms in total. The van der Waals surface area contributed by atoms with E-state index in [9.17, 15) is 44.4 Å². The molecule has 0 aromatic heterocycles. The third-order valence-electron chi connectivity index (χ3n) is 6.15. The number of anilines is 1. The normalized spacial score (nSPS) is 14.6. The number of nitrogens with one attached hydrogen (secondary N) is 2. The van der Waals surface area contributed by atoms with Gasteiger partial charge in [0.25, 0.3) is 0 Å². The third kappa shape index (κ3) is 5.52. The summed E-state index contributed by atoms with van der Waals surface area (Å²) in [6.45, 7) is 0.660. The van der Waals surface area contributed by atoms with Crippen molar-refractivity contribution < 1.29 is 44.4 Å². The van der Waals surface area contributed by atoms with Gasteiger partial charge in [-0.1, -0.05) is 12.1 Å². The predicted octanol–water partition coefficient (Wildman–Crippen LogP) is 3.50. The van der Waals surface area contributed by atoms with Gasteiger partial charge in [-0.2, -0.15) is 0 Å². The summed E-state index contributed by atoms with van der Waals surface area (Å²) < 4.78 is 0. The molecular formula is C27H22N2O9. The molecule has 1 aliphatic heterocycles. The lowest BCUT2D eigenvalue weighted by Crippen LogP contribution is -2.35. The Labute approximate surface area is 215 Å². The fourth-order valence-electron chi connectivity index (χ4n) is 4.28. The molecule has 1 amide bonds. The van der Waals surface area contributed by atoms with Gasteiger partial charge in [0.05, 0.1) is 28.3 Å². The summed E-state index contributed by atoms with van der Waals surface area (Å²) in [6, 6.07) is 11.3. The molecule has 1 atom stereocenters. The highest BCUT2D eigenvalue weighted by atomic mass is 16.4. The Hall–Kier alpha value is -5.03. The molecule has 1 aliphatic rings. The van der Waals surface area contributed by atoms with Gasteiger partial charge in [0.1, 0.15) is 0 Å². The summed E-state index contributed by atoms with van der Waals surface area (Å²) in [5, 5.41) is 43.7. The van der Waals surface area contributed by atoms with Crippen molar-refractivity contribution in [1.82, 2.24) is 5.32 Å². The van der Waals surface area contributed by atoms with Gasteiger partial charge in [-0.3, -0.25) is 4.79 Å². The molecule has 0 spiro atoms. The molecule has 0 aliphatic carbocycles. The Morgan fingerprint density at radius 3 is 1.61 bits per heavy atom. The number of carbonyl (C=O) groups excluding carboxylic acids is 1. The molecule has 38 heavy (non-hydrogen) atoms. The van der Waals surface area contributed by atoms with Crippen LogP contribution in [0.1, 0.15) is 54.3 Å². The average molecular weight is 518 g/mol. The fourth-order valence-corrected chi connectivity index (χ4v) is 4.28. The molecule has 1 fully saturated rings. The number of benzene rings is 3. The van der Waals surface area contributed by atoms with Gasteiger partial charge in [0.2, 0.25) is 5.91 Å². The van der Waals surface area contributed by atoms with Crippen LogP contribution in [0.5, 0.6) is 0 Å². The van der Waals surface area contributed by atoms with E-state index in [1.165, 1.54) is 36.4 Å². The SMILES string of the molecule is O=C(O)c1cc(C(=O)O)cc(-c2ccc(-c3cc(C(=O)O)cc(C(=O)O)c3)c(NC(=O)[C@@H]3CCCN3)c2)c1. The topological polar surface area (TPSA) is 190 Å². The molecule has 0 unspecified atom stereocenters. The first-order valence-electron chi connectivity index (χ1n) is 11.5. The highest BCUT2D eigenvalue weighted by Crippen LogP contribution is 2.35. The molecule has 0 radical (unpaired) electrons. The number of hydrogen-bond acceptors (Lipinski definition) is 6. The van der Waals surface area contributed by atoms with Crippen LogP contribution in [-0.2, 0) is 4.79 Å². The maximum absolute atomic E-state index is 13.0. The first kappa shape index (κ1) is 26.0. The van der Waals surface area contributed by atoms with Crippen LogP contribution in [0.4, 0.5) is 5.69 Å². The molecule has 3 aromatic carbocycles. The van der Waals surface area contributed by atoms with E-state index in [4.69, 9.17) is 0 Å². The van der Waals surface area contributed by atoms with E-state index in [-0.39, 0.29) is 45.0 Å². The molecule has 194 valence electrons. The lowest BCUT2D eigenvalue weighted by atomic mass is 9.94. The van der Waals surface area contributed by atoms with Crippen LogP contribution in [-0.4, -0.2) is 62.8 Å². The van der Waals surface area contributed by atoms with Gasteiger partial charge < -0.3 is 31.1 Å². The molecule has 1 heterocycles. The Morgan fingerprint density at radius 1 is 0.658 bits per heavy atom. The molecule has 1 saturated heterocycles. The van der Waals surface area contributed by atoms with E-state index in [1.807, 2.05) is 0 Å². The number of carboxylic acids is 4. The number of hydrogen-bond donors (Lipinski definition) is 6. The monoisotopic (exact) mass is 518 g/mol. The van der Waals surface area contributed by atoms with E-state index in [1.54, 1.807) is 6.07 Å². The molecule has 6 N–H and O–H groups in total. The number of aromatic carboxylic acids is 4. The lowest BCUT2D eigenvalue weighted by Gasteiger charge is -2.17. The largest absolute Gasteiger partial charge is 0.478 e. The maximum atomic E-state index is 13.0. The van der Waals surface area contributed by atoms with E-state index in [2.05, 4.69) is 10.6 Å². The molecule has 3 aromatic rings. The third-order valence-corrected chi connectivity index (χ3v) is 6.15. The lowest BCUT2D eigenvalue weighted by molar-refractivity contribution is -0.117. The zero-order chi connectivity index (χ0) is 27.6. The molecular weight excluding hydrogens is 496 g/mol. The van der Waals surface area contributed by atoms with Crippen molar-refractivity contribution in [2.75, 3.05) is 11.9 Å². The molecule has 4 rings (SSSR count). The predicted molar refractivity (Wildman–Crippen MR) is 135 cm³/mol. The second kappa shape index (κ2) is 10.5. The summed E-state index contributed by atoms with van der Waals surface area (Å²) in [6.07, 6.45) is 1.40. The second-order valence-electron chi connectivity index (χ2n) is 8.72. The first-order valence-corrected chi connectivity index (χ1v) is 11.5. The van der Waals surface area contributed by atoms with Crippen LogP contribution in [0.3, 0.4) is 0 Å². The maximum Gasteiger partial charge on any atom is 0.335 e. The number of carbonyl (C=O) groups is 5. The number of carboxylic acid groups (broad SMARTS) is 4. The molecule has 11 heteroatoms. The Morgan fingerprint density at radius 2 is 1.16 bits per heavy atom. The van der Waals surface area contributed by atoms with Gasteiger partial charge in [-0.25, -0.2) is 19.2 Å². The van der Waals surface area contributed by atoms with Gasteiger partial charge in [-0.05, 0) is 78.5 Å². The van der Waals surface area contributed by atoms with Crippen LogP contribution < -0.4 is 10.6 Å². The minimum atomic E-state index is -1.33. The van der Waals surface area contributed by atoms with Gasteiger partial charge in [0.15, 0.2) is 0 Å². The van der Waals surface area contributed by atoms with Crippen LogP contribution in [0.15, 0.2) is 54.6 Å². The van der Waals surface area contributed by atoms with Crippen LogP contribution in [0, 0.1) is 0 Å². The van der Waals surface area contributed by atoms with Crippen molar-refractivity contribution >= 4 is 35.5 Å². The molecule has 0 saturated carbocycles. The zero-order valence-corrected chi connectivity index (χ0v) is 19.7. The van der Waals surface area contributed by atoms with Gasteiger partial charge >= 0.3 is 23.9 Å². The summed E-state index contributed by atoms with van der Waals surface area (Å²) >= 11 is 0. The Bertz CT molecular complexity index is 1430. The smallest absolute Gasteiger partial charge is 0.335 e. The van der Waals surface area contributed by atoms with Gasteiger partial charge in [0, 0.05) is 11.3 Å². The highest BCUT2D eigenvalue weighted by Gasteiger charge is 2.24. The van der Waals surface area contributed by atoms with Crippen molar-refractivity contribution in [3.8, 4) is 22.3 Å². The summed E-state index contributed by atoms with van der Waals surface area (Å²) in [5.74, 6) is -5.67. The van der Waals surface area contributed by atoms with E-state index >= 15 is 0 Å². The van der Waals surface area contributed by atoms with Gasteiger partial charge in [-0.15, -0.1) is 0 Å². The second-order valence-corrected chi connectivity index (χ2v) is 8.72. The van der Waals surface area contributed by atoms with Crippen molar-refractivity contribution in [3.63, 3.8) is 0 Å².